The zero-order valence-electron chi connectivity index (χ0n) is 17.1. The highest BCUT2D eigenvalue weighted by molar-refractivity contribution is 6.32. The summed E-state index contributed by atoms with van der Waals surface area (Å²) in [5.74, 6) is 0.182. The first kappa shape index (κ1) is 23.1. The lowest BCUT2D eigenvalue weighted by Gasteiger charge is -2.23. The van der Waals surface area contributed by atoms with Gasteiger partial charge < -0.3 is 20.1 Å². The molecule has 0 aromatic heterocycles. The molecule has 152 valence electrons. The van der Waals surface area contributed by atoms with Crippen molar-refractivity contribution < 1.29 is 19.1 Å². The average Bonchev–Trinajstić information content (AvgIpc) is 2.55. The number of carbonyl (C=O) groups is 2. The number of amides is 2. The van der Waals surface area contributed by atoms with E-state index < -0.39 is 11.9 Å². The van der Waals surface area contributed by atoms with Crippen molar-refractivity contribution in [3.8, 4) is 11.5 Å². The van der Waals surface area contributed by atoms with E-state index in [1.165, 1.54) is 6.07 Å². The van der Waals surface area contributed by atoms with Gasteiger partial charge >= 0.3 is 0 Å². The molecule has 0 aliphatic rings. The smallest absolute Gasteiger partial charge is 0.252 e. The number of unbranched alkanes of at least 4 members (excludes halogenated alkanes) is 1. The van der Waals surface area contributed by atoms with Crippen LogP contribution < -0.4 is 20.1 Å². The van der Waals surface area contributed by atoms with Crippen molar-refractivity contribution in [2.24, 2.45) is 0 Å². The number of hydrogen-bond donors (Lipinski definition) is 2. The molecule has 1 unspecified atom stereocenters. The lowest BCUT2D eigenvalue weighted by Crippen LogP contribution is -2.50. The minimum Gasteiger partial charge on any atom is -0.490 e. The summed E-state index contributed by atoms with van der Waals surface area (Å²) in [4.78, 5) is 24.7. The lowest BCUT2D eigenvalue weighted by atomic mass is 10.1. The predicted molar refractivity (Wildman–Crippen MR) is 108 cm³/mol. The monoisotopic (exact) mass is 398 g/mol. The first-order valence-corrected chi connectivity index (χ1v) is 9.68. The van der Waals surface area contributed by atoms with Crippen molar-refractivity contribution in [2.45, 2.75) is 66.0 Å². The summed E-state index contributed by atoms with van der Waals surface area (Å²) in [6, 6.07) is 2.42. The van der Waals surface area contributed by atoms with E-state index in [9.17, 15) is 9.59 Å². The minimum absolute atomic E-state index is 0.258. The summed E-state index contributed by atoms with van der Waals surface area (Å²) < 4.78 is 11.3. The zero-order valence-corrected chi connectivity index (χ0v) is 17.8. The van der Waals surface area contributed by atoms with Gasteiger partial charge in [-0.25, -0.2) is 0 Å². The normalized spacial score (nSPS) is 12.3. The predicted octanol–water partition coefficient (Wildman–Crippen LogP) is 3.95. The van der Waals surface area contributed by atoms with Crippen molar-refractivity contribution in [1.82, 2.24) is 10.6 Å². The maximum Gasteiger partial charge on any atom is 0.252 e. The number of nitrogens with one attached hydrogen (secondary N) is 2. The second-order valence-corrected chi connectivity index (χ2v) is 7.76. The molecule has 1 atom stereocenters. The van der Waals surface area contributed by atoms with Gasteiger partial charge in [-0.05, 0) is 53.2 Å². The molecule has 0 aliphatic carbocycles. The number of benzene rings is 1. The van der Waals surface area contributed by atoms with Crippen molar-refractivity contribution in [3.05, 3.63) is 22.7 Å². The highest BCUT2D eigenvalue weighted by Gasteiger charge is 2.22. The molecule has 0 fully saturated rings. The molecule has 0 spiro atoms. The molecule has 0 bridgehead atoms. The summed E-state index contributed by atoms with van der Waals surface area (Å²) in [7, 11) is 0. The molecule has 0 heterocycles. The Morgan fingerprint density at radius 2 is 1.85 bits per heavy atom. The number of ether oxygens (including phenoxy) is 2. The van der Waals surface area contributed by atoms with Crippen LogP contribution in [0.25, 0.3) is 0 Å². The molecule has 1 aromatic carbocycles. The van der Waals surface area contributed by atoms with Crippen LogP contribution in [0, 0.1) is 0 Å². The van der Waals surface area contributed by atoms with Gasteiger partial charge in [0.1, 0.15) is 6.04 Å². The number of rotatable bonds is 9. The van der Waals surface area contributed by atoms with E-state index >= 15 is 0 Å². The molecule has 0 radical (unpaired) electrons. The largest absolute Gasteiger partial charge is 0.490 e. The zero-order chi connectivity index (χ0) is 20.6. The van der Waals surface area contributed by atoms with E-state index in [0.717, 1.165) is 12.8 Å². The van der Waals surface area contributed by atoms with Gasteiger partial charge in [0.25, 0.3) is 5.91 Å². The SMILES string of the molecule is CCCCOc1c(Cl)cc(C(=O)NC(C)C(=O)NC(C)(C)C)cc1OCC. The van der Waals surface area contributed by atoms with E-state index in [4.69, 9.17) is 21.1 Å². The third-order valence-electron chi connectivity index (χ3n) is 3.55. The Morgan fingerprint density at radius 1 is 1.19 bits per heavy atom. The van der Waals surface area contributed by atoms with Crippen molar-refractivity contribution in [2.75, 3.05) is 13.2 Å². The second-order valence-electron chi connectivity index (χ2n) is 7.35. The summed E-state index contributed by atoms with van der Waals surface area (Å²) in [5.41, 5.74) is -0.0689. The van der Waals surface area contributed by atoms with Gasteiger partial charge in [-0.3, -0.25) is 9.59 Å². The Kier molecular flexibility index (Phi) is 8.89. The molecule has 0 saturated heterocycles. The van der Waals surface area contributed by atoms with Crippen molar-refractivity contribution in [3.63, 3.8) is 0 Å². The van der Waals surface area contributed by atoms with Gasteiger partial charge in [0, 0.05) is 11.1 Å². The highest BCUT2D eigenvalue weighted by atomic mass is 35.5. The average molecular weight is 399 g/mol. The van der Waals surface area contributed by atoms with E-state index in [0.29, 0.717) is 35.3 Å². The van der Waals surface area contributed by atoms with Crippen LogP contribution in [0.5, 0.6) is 11.5 Å². The topological polar surface area (TPSA) is 76.7 Å². The van der Waals surface area contributed by atoms with E-state index in [-0.39, 0.29) is 11.4 Å². The van der Waals surface area contributed by atoms with Crippen molar-refractivity contribution in [1.29, 1.82) is 0 Å². The summed E-state index contributed by atoms with van der Waals surface area (Å²) in [6.45, 7) is 12.1. The second kappa shape index (κ2) is 10.4. The minimum atomic E-state index is -0.688. The van der Waals surface area contributed by atoms with Crippen LogP contribution >= 0.6 is 11.6 Å². The summed E-state index contributed by atoms with van der Waals surface area (Å²) in [6.07, 6.45) is 1.89. The van der Waals surface area contributed by atoms with Gasteiger partial charge in [0.15, 0.2) is 11.5 Å². The van der Waals surface area contributed by atoms with Crippen LogP contribution in [-0.4, -0.2) is 36.6 Å². The van der Waals surface area contributed by atoms with Crippen LogP contribution in [0.3, 0.4) is 0 Å². The maximum absolute atomic E-state index is 12.6. The van der Waals surface area contributed by atoms with Crippen LogP contribution in [0.1, 0.15) is 64.7 Å². The number of halogens is 1. The van der Waals surface area contributed by atoms with Gasteiger partial charge in [0.2, 0.25) is 5.91 Å². The standard InChI is InChI=1S/C20H31ClN2O4/c1-7-9-10-27-17-15(21)11-14(12-16(17)26-8-2)19(25)22-13(3)18(24)23-20(4,5)6/h11-13H,7-10H2,1-6H3,(H,22,25)(H,23,24). The Labute approximate surface area is 166 Å². The van der Waals surface area contributed by atoms with E-state index in [2.05, 4.69) is 17.6 Å². The van der Waals surface area contributed by atoms with Crippen LogP contribution in [-0.2, 0) is 4.79 Å². The molecule has 2 amide bonds. The third kappa shape index (κ3) is 7.67. The number of carbonyl (C=O) groups excluding carboxylic acids is 2. The Hall–Kier alpha value is -1.95. The van der Waals surface area contributed by atoms with Gasteiger partial charge in [-0.15, -0.1) is 0 Å². The molecule has 0 aliphatic heterocycles. The van der Waals surface area contributed by atoms with Gasteiger partial charge in [0.05, 0.1) is 18.2 Å². The van der Waals surface area contributed by atoms with E-state index in [1.54, 1.807) is 13.0 Å². The Morgan fingerprint density at radius 3 is 2.41 bits per heavy atom. The fourth-order valence-corrected chi connectivity index (χ4v) is 2.51. The molecule has 27 heavy (non-hydrogen) atoms. The highest BCUT2D eigenvalue weighted by Crippen LogP contribution is 2.37. The molecule has 7 heteroatoms. The summed E-state index contributed by atoms with van der Waals surface area (Å²) >= 11 is 6.32. The fraction of sp³-hybridized carbons (Fsp3) is 0.600. The quantitative estimate of drug-likeness (QED) is 0.617. The molecule has 1 aromatic rings. The lowest BCUT2D eigenvalue weighted by molar-refractivity contribution is -0.124. The van der Waals surface area contributed by atoms with Crippen LogP contribution in [0.2, 0.25) is 5.02 Å². The van der Waals surface area contributed by atoms with Crippen molar-refractivity contribution >= 4 is 23.4 Å². The first-order valence-electron chi connectivity index (χ1n) is 9.31. The molecule has 0 saturated carbocycles. The Balaban J connectivity index is 2.95. The molecular formula is C20H31ClN2O4. The fourth-order valence-electron chi connectivity index (χ4n) is 2.24. The Bertz CT molecular complexity index is 656. The molecule has 6 nitrogen and oxygen atoms in total. The molecule has 1 rings (SSSR count). The number of hydrogen-bond acceptors (Lipinski definition) is 4. The van der Waals surface area contributed by atoms with E-state index in [1.807, 2.05) is 27.7 Å². The summed E-state index contributed by atoms with van der Waals surface area (Å²) in [5, 5.41) is 5.81. The third-order valence-corrected chi connectivity index (χ3v) is 3.84. The molecular weight excluding hydrogens is 368 g/mol. The molecule has 2 N–H and O–H groups in total. The van der Waals surface area contributed by atoms with Gasteiger partial charge in [-0.1, -0.05) is 24.9 Å². The van der Waals surface area contributed by atoms with Crippen LogP contribution in [0.4, 0.5) is 0 Å². The maximum atomic E-state index is 12.6. The van der Waals surface area contributed by atoms with Gasteiger partial charge in [-0.2, -0.15) is 0 Å². The first-order chi connectivity index (χ1) is 12.6. The van der Waals surface area contributed by atoms with Crippen LogP contribution in [0.15, 0.2) is 12.1 Å².